The van der Waals surface area contributed by atoms with E-state index in [2.05, 4.69) is 46.8 Å². The Balaban J connectivity index is 1.36. The first-order valence-corrected chi connectivity index (χ1v) is 9.72. The standard InChI is InChI=1S/C21H26FN5/c1-2-23-21(25-13-16-12-15-6-3-4-7-18(15)16)26-17-9-11-27(14-17)20-19(22)8-5-10-24-20/h3-8,10,16-17H,2,9,11-14H2,1H3,(H2,23,25,26). The van der Waals surface area contributed by atoms with Crippen molar-refractivity contribution in [1.82, 2.24) is 15.6 Å². The Morgan fingerprint density at radius 1 is 1.30 bits per heavy atom. The average molecular weight is 367 g/mol. The molecule has 2 N–H and O–H groups in total. The van der Waals surface area contributed by atoms with E-state index in [0.717, 1.165) is 45.0 Å². The lowest BCUT2D eigenvalue weighted by Crippen LogP contribution is -2.45. The summed E-state index contributed by atoms with van der Waals surface area (Å²) in [5.41, 5.74) is 2.87. The summed E-state index contributed by atoms with van der Waals surface area (Å²) in [5.74, 6) is 1.53. The molecule has 2 atom stereocenters. The molecule has 0 radical (unpaired) electrons. The molecule has 1 aliphatic heterocycles. The lowest BCUT2D eigenvalue weighted by molar-refractivity contribution is 0.602. The highest BCUT2D eigenvalue weighted by molar-refractivity contribution is 5.80. The monoisotopic (exact) mass is 367 g/mol. The van der Waals surface area contributed by atoms with Crippen LogP contribution in [0.15, 0.2) is 47.6 Å². The molecular weight excluding hydrogens is 341 g/mol. The van der Waals surface area contributed by atoms with Crippen LogP contribution >= 0.6 is 0 Å². The number of nitrogens with zero attached hydrogens (tertiary/aromatic N) is 3. The molecule has 1 aromatic carbocycles. The van der Waals surface area contributed by atoms with Gasteiger partial charge in [0.05, 0.1) is 0 Å². The van der Waals surface area contributed by atoms with E-state index < -0.39 is 0 Å². The highest BCUT2D eigenvalue weighted by Crippen LogP contribution is 2.34. The average Bonchev–Trinajstić information content (AvgIpc) is 3.11. The fourth-order valence-electron chi connectivity index (χ4n) is 3.92. The number of guanidine groups is 1. The van der Waals surface area contributed by atoms with E-state index in [1.165, 1.54) is 17.2 Å². The molecule has 0 saturated carbocycles. The molecular formula is C21H26FN5. The van der Waals surface area contributed by atoms with E-state index in [9.17, 15) is 4.39 Å². The molecule has 1 fully saturated rings. The minimum absolute atomic E-state index is 0.234. The van der Waals surface area contributed by atoms with Crippen molar-refractivity contribution in [2.45, 2.75) is 31.7 Å². The van der Waals surface area contributed by atoms with Crippen LogP contribution in [0.3, 0.4) is 0 Å². The Hall–Kier alpha value is -2.63. The third-order valence-electron chi connectivity index (χ3n) is 5.34. The van der Waals surface area contributed by atoms with Crippen molar-refractivity contribution < 1.29 is 4.39 Å². The van der Waals surface area contributed by atoms with Crippen molar-refractivity contribution in [3.8, 4) is 0 Å². The highest BCUT2D eigenvalue weighted by Gasteiger charge is 2.27. The molecule has 2 unspecified atom stereocenters. The number of aliphatic imine (C=N–C) groups is 1. The Morgan fingerprint density at radius 2 is 2.19 bits per heavy atom. The Morgan fingerprint density at radius 3 is 3.00 bits per heavy atom. The van der Waals surface area contributed by atoms with Crippen molar-refractivity contribution in [3.63, 3.8) is 0 Å². The smallest absolute Gasteiger partial charge is 0.191 e. The van der Waals surface area contributed by atoms with E-state index in [4.69, 9.17) is 4.99 Å². The molecule has 5 nitrogen and oxygen atoms in total. The topological polar surface area (TPSA) is 52.6 Å². The van der Waals surface area contributed by atoms with Crippen molar-refractivity contribution >= 4 is 11.8 Å². The summed E-state index contributed by atoms with van der Waals surface area (Å²) >= 11 is 0. The van der Waals surface area contributed by atoms with Crippen LogP contribution in [0.25, 0.3) is 0 Å². The molecule has 0 spiro atoms. The molecule has 0 amide bonds. The van der Waals surface area contributed by atoms with E-state index in [-0.39, 0.29) is 11.9 Å². The number of fused-ring (bicyclic) bond motifs is 1. The second kappa shape index (κ2) is 7.94. The first-order valence-electron chi connectivity index (χ1n) is 9.72. The molecule has 2 aromatic rings. The van der Waals surface area contributed by atoms with Crippen molar-refractivity contribution in [1.29, 1.82) is 0 Å². The molecule has 4 rings (SSSR count). The minimum atomic E-state index is -0.262. The van der Waals surface area contributed by atoms with E-state index in [1.807, 2.05) is 4.90 Å². The molecule has 2 aliphatic rings. The van der Waals surface area contributed by atoms with Crippen LogP contribution in [-0.2, 0) is 6.42 Å². The molecule has 1 saturated heterocycles. The van der Waals surface area contributed by atoms with Gasteiger partial charge < -0.3 is 15.5 Å². The number of pyridine rings is 1. The number of halogens is 1. The maximum absolute atomic E-state index is 14.0. The fraction of sp³-hybridized carbons (Fsp3) is 0.429. The molecule has 0 bridgehead atoms. The SMILES string of the molecule is CCNC(=NCC1Cc2ccccc21)NC1CCN(c2ncccc2F)C1. The summed E-state index contributed by atoms with van der Waals surface area (Å²) in [5, 5.41) is 6.84. The lowest BCUT2D eigenvalue weighted by atomic mass is 9.78. The molecule has 6 heteroatoms. The maximum Gasteiger partial charge on any atom is 0.191 e. The van der Waals surface area contributed by atoms with Gasteiger partial charge in [0.1, 0.15) is 0 Å². The summed E-state index contributed by atoms with van der Waals surface area (Å²) in [7, 11) is 0. The van der Waals surface area contributed by atoms with Crippen molar-refractivity contribution in [2.24, 2.45) is 4.99 Å². The van der Waals surface area contributed by atoms with Gasteiger partial charge in [-0.2, -0.15) is 0 Å². The number of benzene rings is 1. The van der Waals surface area contributed by atoms with Gasteiger partial charge in [-0.05, 0) is 43.0 Å². The first-order chi connectivity index (χ1) is 13.2. The zero-order valence-electron chi connectivity index (χ0n) is 15.7. The predicted octanol–water partition coefficient (Wildman–Crippen LogP) is 2.69. The Bertz CT molecular complexity index is 822. The van der Waals surface area contributed by atoms with E-state index in [1.54, 1.807) is 12.3 Å². The number of anilines is 1. The summed E-state index contributed by atoms with van der Waals surface area (Å²) in [4.78, 5) is 11.0. The van der Waals surface area contributed by atoms with Gasteiger partial charge in [0.25, 0.3) is 0 Å². The molecule has 1 aliphatic carbocycles. The van der Waals surface area contributed by atoms with Crippen LogP contribution < -0.4 is 15.5 Å². The Labute approximate surface area is 159 Å². The van der Waals surface area contributed by atoms with Crippen LogP contribution in [0.2, 0.25) is 0 Å². The van der Waals surface area contributed by atoms with Gasteiger partial charge in [0.2, 0.25) is 0 Å². The normalized spacial score (nSPS) is 21.6. The second-order valence-electron chi connectivity index (χ2n) is 7.20. The van der Waals surface area contributed by atoms with Gasteiger partial charge in [0.15, 0.2) is 17.6 Å². The van der Waals surface area contributed by atoms with Gasteiger partial charge in [-0.1, -0.05) is 24.3 Å². The van der Waals surface area contributed by atoms with Crippen LogP contribution in [0.4, 0.5) is 10.2 Å². The third kappa shape index (κ3) is 3.89. The van der Waals surface area contributed by atoms with E-state index in [0.29, 0.717) is 11.7 Å². The van der Waals surface area contributed by atoms with Gasteiger partial charge >= 0.3 is 0 Å². The Kier molecular flexibility index (Phi) is 5.23. The van der Waals surface area contributed by atoms with Gasteiger partial charge in [-0.3, -0.25) is 4.99 Å². The predicted molar refractivity (Wildman–Crippen MR) is 107 cm³/mol. The minimum Gasteiger partial charge on any atom is -0.357 e. The largest absolute Gasteiger partial charge is 0.357 e. The fourth-order valence-corrected chi connectivity index (χ4v) is 3.92. The molecule has 142 valence electrons. The van der Waals surface area contributed by atoms with Gasteiger partial charge in [-0.25, -0.2) is 9.37 Å². The third-order valence-corrected chi connectivity index (χ3v) is 5.34. The molecule has 27 heavy (non-hydrogen) atoms. The summed E-state index contributed by atoms with van der Waals surface area (Å²) in [6.07, 6.45) is 3.68. The van der Waals surface area contributed by atoms with E-state index >= 15 is 0 Å². The maximum atomic E-state index is 14.0. The summed E-state index contributed by atoms with van der Waals surface area (Å²) in [6.45, 7) is 5.20. The molecule has 1 aromatic heterocycles. The van der Waals surface area contributed by atoms with Crippen LogP contribution in [0.5, 0.6) is 0 Å². The molecule has 2 heterocycles. The number of rotatable bonds is 5. The quantitative estimate of drug-likeness (QED) is 0.630. The second-order valence-corrected chi connectivity index (χ2v) is 7.20. The number of aromatic nitrogens is 1. The van der Waals surface area contributed by atoms with Crippen molar-refractivity contribution in [3.05, 3.63) is 59.5 Å². The summed E-state index contributed by atoms with van der Waals surface area (Å²) < 4.78 is 14.0. The summed E-state index contributed by atoms with van der Waals surface area (Å²) in [6, 6.07) is 11.9. The van der Waals surface area contributed by atoms with Crippen molar-refractivity contribution in [2.75, 3.05) is 31.1 Å². The van der Waals surface area contributed by atoms with Crippen LogP contribution in [0.1, 0.15) is 30.4 Å². The van der Waals surface area contributed by atoms with Gasteiger partial charge in [-0.15, -0.1) is 0 Å². The number of hydrogen-bond acceptors (Lipinski definition) is 3. The van der Waals surface area contributed by atoms with Crippen LogP contribution in [-0.4, -0.2) is 43.2 Å². The van der Waals surface area contributed by atoms with Crippen LogP contribution in [0, 0.1) is 5.82 Å². The van der Waals surface area contributed by atoms with Gasteiger partial charge in [0, 0.05) is 44.3 Å². The zero-order valence-corrected chi connectivity index (χ0v) is 15.7. The first kappa shape index (κ1) is 17.8. The highest BCUT2D eigenvalue weighted by atomic mass is 19.1. The number of hydrogen-bond donors (Lipinski definition) is 2. The zero-order chi connectivity index (χ0) is 18.6. The number of nitrogens with one attached hydrogen (secondary N) is 2. The lowest BCUT2D eigenvalue weighted by Gasteiger charge is -2.29.